The Labute approximate surface area is 198 Å². The molecule has 2 aliphatic heterocycles. The van der Waals surface area contributed by atoms with Crippen molar-refractivity contribution in [2.24, 2.45) is 5.41 Å². The Balaban J connectivity index is 1.45. The van der Waals surface area contributed by atoms with Gasteiger partial charge in [0.1, 0.15) is 11.6 Å². The van der Waals surface area contributed by atoms with Gasteiger partial charge in [-0.05, 0) is 49.2 Å². The van der Waals surface area contributed by atoms with E-state index in [9.17, 15) is 14.0 Å². The number of nitrogens with zero attached hydrogens (tertiary/aromatic N) is 2. The number of hydrogen-bond acceptors (Lipinski definition) is 4. The van der Waals surface area contributed by atoms with Crippen molar-refractivity contribution in [3.05, 3.63) is 64.9 Å². The third-order valence-corrected chi connectivity index (χ3v) is 6.79. The van der Waals surface area contributed by atoms with Crippen LogP contribution in [-0.2, 0) is 9.53 Å². The molecule has 2 aliphatic rings. The Morgan fingerprint density at radius 2 is 1.64 bits per heavy atom. The summed E-state index contributed by atoms with van der Waals surface area (Å²) in [5.74, 6) is 0.204. The van der Waals surface area contributed by atoms with Gasteiger partial charge in [-0.3, -0.25) is 9.59 Å². The SMILES string of the molecule is O=C(CC1(COc2ccc(F)cc2)CCN(C(=O)c2ccccc2Cl)CC1)N1CCOCC1. The van der Waals surface area contributed by atoms with E-state index in [1.165, 1.54) is 12.1 Å². The summed E-state index contributed by atoms with van der Waals surface area (Å²) in [5, 5.41) is 0.432. The van der Waals surface area contributed by atoms with Crippen LogP contribution in [0.15, 0.2) is 48.5 Å². The highest BCUT2D eigenvalue weighted by Crippen LogP contribution is 2.37. The summed E-state index contributed by atoms with van der Waals surface area (Å²) >= 11 is 6.22. The van der Waals surface area contributed by atoms with Gasteiger partial charge in [0.05, 0.1) is 30.4 Å². The van der Waals surface area contributed by atoms with E-state index in [-0.39, 0.29) is 17.6 Å². The fourth-order valence-corrected chi connectivity index (χ4v) is 4.59. The number of rotatable bonds is 6. The van der Waals surface area contributed by atoms with Crippen molar-refractivity contribution >= 4 is 23.4 Å². The predicted molar refractivity (Wildman–Crippen MR) is 123 cm³/mol. The Morgan fingerprint density at radius 1 is 0.970 bits per heavy atom. The van der Waals surface area contributed by atoms with Crippen molar-refractivity contribution in [3.63, 3.8) is 0 Å². The first-order chi connectivity index (χ1) is 16.0. The van der Waals surface area contributed by atoms with Crippen LogP contribution in [0.3, 0.4) is 0 Å². The first-order valence-electron chi connectivity index (χ1n) is 11.2. The van der Waals surface area contributed by atoms with Crippen molar-refractivity contribution in [1.82, 2.24) is 9.80 Å². The molecule has 2 aromatic carbocycles. The molecule has 0 bridgehead atoms. The molecule has 0 unspecified atom stereocenters. The lowest BCUT2D eigenvalue weighted by molar-refractivity contribution is -0.139. The van der Waals surface area contributed by atoms with Crippen molar-refractivity contribution in [2.75, 3.05) is 46.0 Å². The van der Waals surface area contributed by atoms with E-state index >= 15 is 0 Å². The summed E-state index contributed by atoms with van der Waals surface area (Å²) in [5.41, 5.74) is 0.0692. The van der Waals surface area contributed by atoms with Crippen LogP contribution in [-0.4, -0.2) is 67.6 Å². The monoisotopic (exact) mass is 474 g/mol. The van der Waals surface area contributed by atoms with E-state index in [4.69, 9.17) is 21.1 Å². The topological polar surface area (TPSA) is 59.1 Å². The highest BCUT2D eigenvalue weighted by Gasteiger charge is 2.40. The Morgan fingerprint density at radius 3 is 2.30 bits per heavy atom. The molecule has 0 atom stereocenters. The summed E-state index contributed by atoms with van der Waals surface area (Å²) in [7, 11) is 0. The fraction of sp³-hybridized carbons (Fsp3) is 0.440. The maximum atomic E-state index is 13.3. The second-order valence-electron chi connectivity index (χ2n) is 8.68. The zero-order valence-electron chi connectivity index (χ0n) is 18.5. The molecular formula is C25H28ClFN2O4. The number of ether oxygens (including phenoxy) is 2. The highest BCUT2D eigenvalue weighted by molar-refractivity contribution is 6.33. The molecule has 2 aromatic rings. The number of piperidine rings is 1. The summed E-state index contributed by atoms with van der Waals surface area (Å²) in [6.07, 6.45) is 1.59. The van der Waals surface area contributed by atoms with Gasteiger partial charge in [-0.25, -0.2) is 4.39 Å². The maximum Gasteiger partial charge on any atom is 0.255 e. The molecule has 0 spiro atoms. The normalized spacial score (nSPS) is 18.1. The van der Waals surface area contributed by atoms with Gasteiger partial charge >= 0.3 is 0 Å². The lowest BCUT2D eigenvalue weighted by atomic mass is 9.75. The molecular weight excluding hydrogens is 447 g/mol. The minimum absolute atomic E-state index is 0.0758. The van der Waals surface area contributed by atoms with Gasteiger partial charge in [-0.1, -0.05) is 23.7 Å². The molecule has 176 valence electrons. The van der Waals surface area contributed by atoms with Gasteiger partial charge in [0.2, 0.25) is 5.91 Å². The minimum Gasteiger partial charge on any atom is -0.493 e. The third kappa shape index (κ3) is 5.84. The summed E-state index contributed by atoms with van der Waals surface area (Å²) in [6.45, 7) is 3.61. The van der Waals surface area contributed by atoms with Crippen LogP contribution >= 0.6 is 11.6 Å². The lowest BCUT2D eigenvalue weighted by Crippen LogP contribution is -2.49. The lowest BCUT2D eigenvalue weighted by Gasteiger charge is -2.42. The van der Waals surface area contributed by atoms with E-state index in [2.05, 4.69) is 0 Å². The second-order valence-corrected chi connectivity index (χ2v) is 9.09. The van der Waals surface area contributed by atoms with Crippen LogP contribution < -0.4 is 4.74 Å². The van der Waals surface area contributed by atoms with Crippen LogP contribution in [0.5, 0.6) is 5.75 Å². The number of hydrogen-bond donors (Lipinski definition) is 0. The average molecular weight is 475 g/mol. The summed E-state index contributed by atoms with van der Waals surface area (Å²) in [4.78, 5) is 29.7. The smallest absolute Gasteiger partial charge is 0.255 e. The molecule has 8 heteroatoms. The van der Waals surface area contributed by atoms with E-state index < -0.39 is 5.41 Å². The molecule has 2 fully saturated rings. The molecule has 0 N–H and O–H groups in total. The molecule has 0 aromatic heterocycles. The number of carbonyl (C=O) groups is 2. The van der Waals surface area contributed by atoms with Crippen LogP contribution in [0, 0.1) is 11.2 Å². The molecule has 33 heavy (non-hydrogen) atoms. The minimum atomic E-state index is -0.416. The molecule has 0 radical (unpaired) electrons. The van der Waals surface area contributed by atoms with Gasteiger partial charge in [0, 0.05) is 38.0 Å². The molecule has 2 heterocycles. The van der Waals surface area contributed by atoms with Crippen LogP contribution in [0.2, 0.25) is 5.02 Å². The van der Waals surface area contributed by atoms with Crippen molar-refractivity contribution in [1.29, 1.82) is 0 Å². The highest BCUT2D eigenvalue weighted by atomic mass is 35.5. The summed E-state index contributed by atoms with van der Waals surface area (Å²) in [6, 6.07) is 12.9. The van der Waals surface area contributed by atoms with Gasteiger partial charge in [0.25, 0.3) is 5.91 Å². The number of amides is 2. The largest absolute Gasteiger partial charge is 0.493 e. The molecule has 0 saturated carbocycles. The molecule has 0 aliphatic carbocycles. The van der Waals surface area contributed by atoms with Gasteiger partial charge in [0.15, 0.2) is 0 Å². The van der Waals surface area contributed by atoms with E-state index in [0.717, 1.165) is 0 Å². The van der Waals surface area contributed by atoms with Crippen LogP contribution in [0.25, 0.3) is 0 Å². The quantitative estimate of drug-likeness (QED) is 0.634. The molecule has 6 nitrogen and oxygen atoms in total. The summed E-state index contributed by atoms with van der Waals surface area (Å²) < 4.78 is 24.6. The number of morpholine rings is 1. The Kier molecular flexibility index (Phi) is 7.50. The number of carbonyl (C=O) groups excluding carboxylic acids is 2. The first kappa shape index (κ1) is 23.5. The van der Waals surface area contributed by atoms with Crippen molar-refractivity contribution in [2.45, 2.75) is 19.3 Å². The number of benzene rings is 2. The second kappa shape index (κ2) is 10.5. The standard InChI is InChI=1S/C25H28ClFN2O4/c26-22-4-2-1-3-21(22)24(31)29-11-9-25(10-12-29,17-23(30)28-13-15-32-16-14-28)18-33-20-7-5-19(27)6-8-20/h1-8H,9-18H2. The number of halogens is 2. The number of likely N-dealkylation sites (tertiary alicyclic amines) is 1. The molecule has 4 rings (SSSR count). The maximum absolute atomic E-state index is 13.3. The fourth-order valence-electron chi connectivity index (χ4n) is 4.37. The van der Waals surface area contributed by atoms with E-state index in [0.29, 0.717) is 81.6 Å². The Bertz CT molecular complexity index is 971. The van der Waals surface area contributed by atoms with Crippen molar-refractivity contribution in [3.8, 4) is 5.75 Å². The Hall–Kier alpha value is -2.64. The van der Waals surface area contributed by atoms with Crippen LogP contribution in [0.4, 0.5) is 4.39 Å². The first-order valence-corrected chi connectivity index (χ1v) is 11.6. The predicted octanol–water partition coefficient (Wildman–Crippen LogP) is 4.03. The average Bonchev–Trinajstić information content (AvgIpc) is 2.85. The van der Waals surface area contributed by atoms with Crippen LogP contribution in [0.1, 0.15) is 29.6 Å². The van der Waals surface area contributed by atoms with Crippen molar-refractivity contribution < 1.29 is 23.5 Å². The van der Waals surface area contributed by atoms with Gasteiger partial charge < -0.3 is 19.3 Å². The van der Waals surface area contributed by atoms with Gasteiger partial charge in [-0.2, -0.15) is 0 Å². The zero-order chi connectivity index (χ0) is 23.3. The van der Waals surface area contributed by atoms with E-state index in [1.807, 2.05) is 4.90 Å². The zero-order valence-corrected chi connectivity index (χ0v) is 19.2. The molecule has 2 saturated heterocycles. The molecule has 2 amide bonds. The van der Waals surface area contributed by atoms with E-state index in [1.54, 1.807) is 41.3 Å². The van der Waals surface area contributed by atoms with Gasteiger partial charge in [-0.15, -0.1) is 0 Å². The third-order valence-electron chi connectivity index (χ3n) is 6.46.